The molecule has 1 saturated heterocycles. The van der Waals surface area contributed by atoms with Gasteiger partial charge in [0.25, 0.3) is 11.8 Å². The lowest BCUT2D eigenvalue weighted by Gasteiger charge is -2.20. The Morgan fingerprint density at radius 1 is 0.947 bits per heavy atom. The number of fused-ring (bicyclic) bond motifs is 4. The molecule has 6 aromatic heterocycles. The number of benzene rings is 1. The number of carboxylic acid groups (broad SMARTS) is 1. The number of carbonyl (C=O) groups excluding carboxylic acids is 6. The standard InChI is InChI=1S/C49H56N16O9S/c1-6-64-34(19-26(3)58-64)44-53-24-29-40-33(12-11-31(54-40)43(52)69)61(45(29)56-44)15-8-9-16-63-41-32(55-49(63)57-46(70)35-20-27(4)59-65(35)7-2)21-28(42(51)68)22-36(41)74-18-10-14-60(5)38(66)13-17-62-39(67)23-37(47(62)71)75-25-30(50)48(72)73/h8-9,11-12,19-22,24,30,37H,6-7,10,13-18,23,25,50H2,1-5H3,(H2,51,68)(H2,52,69)(H,72,73)(H,55,57,70)/b9-8+/t30-,37?/m0/s1. The number of likely N-dealkylation sites (tertiary alicyclic amines) is 1. The largest absolute Gasteiger partial charge is 0.491 e. The first-order valence-electron chi connectivity index (χ1n) is 24.0. The summed E-state index contributed by atoms with van der Waals surface area (Å²) in [6, 6.07) is 8.68. The van der Waals surface area contributed by atoms with Crippen LogP contribution in [0, 0.1) is 13.8 Å². The molecule has 8 N–H and O–H groups in total. The van der Waals surface area contributed by atoms with Gasteiger partial charge in [0, 0.05) is 76.7 Å². The summed E-state index contributed by atoms with van der Waals surface area (Å²) < 4.78 is 13.4. The number of ether oxygens (including phenoxy) is 1. The van der Waals surface area contributed by atoms with Gasteiger partial charge in [0.15, 0.2) is 5.82 Å². The van der Waals surface area contributed by atoms with Gasteiger partial charge in [-0.2, -0.15) is 10.2 Å². The molecule has 0 aliphatic carbocycles. The fourth-order valence-electron chi connectivity index (χ4n) is 8.71. The monoisotopic (exact) mass is 1040 g/mol. The van der Waals surface area contributed by atoms with Crippen LogP contribution in [-0.2, 0) is 45.4 Å². The molecule has 0 saturated carbocycles. The summed E-state index contributed by atoms with van der Waals surface area (Å²) in [6.45, 7) is 9.05. The van der Waals surface area contributed by atoms with E-state index >= 15 is 0 Å². The maximum Gasteiger partial charge on any atom is 0.321 e. The summed E-state index contributed by atoms with van der Waals surface area (Å²) in [5.41, 5.74) is 22.1. The molecule has 8 rings (SSSR count). The van der Waals surface area contributed by atoms with E-state index in [2.05, 4.69) is 25.5 Å². The van der Waals surface area contributed by atoms with Crippen LogP contribution in [0.4, 0.5) is 5.95 Å². The van der Waals surface area contributed by atoms with Crippen LogP contribution >= 0.6 is 11.8 Å². The lowest BCUT2D eigenvalue weighted by Crippen LogP contribution is -2.37. The summed E-state index contributed by atoms with van der Waals surface area (Å²) in [6.07, 6.45) is 5.49. The highest BCUT2D eigenvalue weighted by atomic mass is 32.2. The molecule has 392 valence electrons. The van der Waals surface area contributed by atoms with E-state index in [-0.39, 0.29) is 80.2 Å². The van der Waals surface area contributed by atoms with Crippen molar-refractivity contribution >= 4 is 92.2 Å². The second-order valence-electron chi connectivity index (χ2n) is 17.7. The predicted octanol–water partition coefficient (Wildman–Crippen LogP) is 2.64. The molecular weight excluding hydrogens is 989 g/mol. The molecular formula is C49H56N16O9S. The Hall–Kier alpha value is -8.52. The van der Waals surface area contributed by atoms with Crippen LogP contribution in [0.15, 0.2) is 54.7 Å². The third-order valence-corrected chi connectivity index (χ3v) is 13.8. The number of carboxylic acids is 1. The van der Waals surface area contributed by atoms with Crippen molar-refractivity contribution in [2.45, 2.75) is 84.4 Å². The number of aliphatic carboxylic acids is 1. The number of aromatic nitrogens is 10. The normalized spacial score (nSPS) is 14.2. The lowest BCUT2D eigenvalue weighted by molar-refractivity contribution is -0.140. The number of imidazole rings is 1. The number of rotatable bonds is 23. The number of hydrogen-bond donors (Lipinski definition) is 5. The van der Waals surface area contributed by atoms with E-state index < -0.39 is 46.8 Å². The van der Waals surface area contributed by atoms with E-state index in [0.717, 1.165) is 28.0 Å². The van der Waals surface area contributed by atoms with Crippen LogP contribution in [0.5, 0.6) is 5.75 Å². The van der Waals surface area contributed by atoms with Crippen molar-refractivity contribution in [1.29, 1.82) is 0 Å². The number of primary amides is 2. The molecule has 6 amide bonds. The Balaban J connectivity index is 1.05. The molecule has 0 spiro atoms. The first kappa shape index (κ1) is 52.8. The van der Waals surface area contributed by atoms with Gasteiger partial charge >= 0.3 is 5.97 Å². The summed E-state index contributed by atoms with van der Waals surface area (Å²) in [7, 11) is 1.58. The van der Waals surface area contributed by atoms with E-state index in [1.165, 1.54) is 17.0 Å². The highest BCUT2D eigenvalue weighted by molar-refractivity contribution is 8.00. The maximum atomic E-state index is 13.9. The second kappa shape index (κ2) is 22.3. The molecule has 1 unspecified atom stereocenters. The molecule has 75 heavy (non-hydrogen) atoms. The van der Waals surface area contributed by atoms with Crippen LogP contribution in [0.25, 0.3) is 44.6 Å². The Bertz CT molecular complexity index is 3450. The highest BCUT2D eigenvalue weighted by Gasteiger charge is 2.39. The van der Waals surface area contributed by atoms with E-state index in [1.807, 2.05) is 48.2 Å². The van der Waals surface area contributed by atoms with Crippen molar-refractivity contribution in [2.24, 2.45) is 17.2 Å². The Labute approximate surface area is 432 Å². The number of pyridine rings is 1. The maximum absolute atomic E-state index is 13.9. The van der Waals surface area contributed by atoms with Gasteiger partial charge in [0.2, 0.25) is 29.6 Å². The van der Waals surface area contributed by atoms with Gasteiger partial charge < -0.3 is 41.1 Å². The van der Waals surface area contributed by atoms with E-state index in [0.29, 0.717) is 69.8 Å². The first-order chi connectivity index (χ1) is 35.9. The van der Waals surface area contributed by atoms with Crippen LogP contribution < -0.4 is 27.3 Å². The minimum absolute atomic E-state index is 0.0460. The molecule has 1 aromatic carbocycles. The van der Waals surface area contributed by atoms with Crippen molar-refractivity contribution in [3.63, 3.8) is 0 Å². The molecule has 0 radical (unpaired) electrons. The van der Waals surface area contributed by atoms with Crippen LogP contribution in [0.3, 0.4) is 0 Å². The van der Waals surface area contributed by atoms with Gasteiger partial charge in [0.05, 0.1) is 39.7 Å². The number of thioether (sulfide) groups is 1. The molecule has 1 aliphatic heterocycles. The number of nitrogens with zero attached hydrogens (tertiary/aromatic N) is 12. The molecule has 25 nitrogen and oxygen atoms in total. The van der Waals surface area contributed by atoms with Crippen LogP contribution in [0.2, 0.25) is 0 Å². The van der Waals surface area contributed by atoms with Gasteiger partial charge in [-0.15, -0.1) is 11.8 Å². The van der Waals surface area contributed by atoms with Crippen molar-refractivity contribution in [1.82, 2.24) is 58.4 Å². The van der Waals surface area contributed by atoms with Gasteiger partial charge in [-0.1, -0.05) is 12.2 Å². The zero-order chi connectivity index (χ0) is 53.8. The SMILES string of the molecule is CCn1nc(C)cc1C(=O)Nc1nc2cc(C(N)=O)cc(OCCCN(C)C(=O)CCN3C(=O)CC(SC[C@H](N)C(=O)O)C3=O)c2n1C/C=C/Cn1c2ccc(C(N)=O)nc2c2cnc(-c3cc(C)nn3CC)nc21. The fourth-order valence-corrected chi connectivity index (χ4v) is 9.82. The number of nitrogens with two attached hydrogens (primary N) is 3. The summed E-state index contributed by atoms with van der Waals surface area (Å²) in [4.78, 5) is 110. The topological polar surface area (TPSA) is 343 Å². The molecule has 7 aromatic rings. The number of carbonyl (C=O) groups is 7. The zero-order valence-electron chi connectivity index (χ0n) is 41.8. The van der Waals surface area contributed by atoms with Crippen LogP contribution in [-0.4, -0.2) is 149 Å². The fraction of sp³-hybridized carbons (Fsp3) is 0.367. The summed E-state index contributed by atoms with van der Waals surface area (Å²) >= 11 is 1.00. The smallest absolute Gasteiger partial charge is 0.321 e. The molecule has 1 fully saturated rings. The highest BCUT2D eigenvalue weighted by Crippen LogP contribution is 2.33. The Kier molecular flexibility index (Phi) is 15.7. The van der Waals surface area contributed by atoms with Crippen molar-refractivity contribution in [3.05, 3.63) is 83.1 Å². The van der Waals surface area contributed by atoms with E-state index in [1.54, 1.807) is 47.6 Å². The summed E-state index contributed by atoms with van der Waals surface area (Å²) in [5.74, 6) is -3.66. The second-order valence-corrected chi connectivity index (χ2v) is 19.0. The average molecular weight is 1050 g/mol. The van der Waals surface area contributed by atoms with Gasteiger partial charge in [-0.25, -0.2) is 19.9 Å². The van der Waals surface area contributed by atoms with Gasteiger partial charge in [0.1, 0.15) is 45.6 Å². The quantitative estimate of drug-likeness (QED) is 0.0349. The minimum Gasteiger partial charge on any atom is -0.491 e. The zero-order valence-corrected chi connectivity index (χ0v) is 42.7. The molecule has 1 aliphatic rings. The summed E-state index contributed by atoms with van der Waals surface area (Å²) in [5, 5.41) is 20.8. The molecule has 7 heterocycles. The number of imide groups is 1. The number of nitrogens with one attached hydrogen (secondary N) is 1. The van der Waals surface area contributed by atoms with Crippen LogP contribution in [0.1, 0.15) is 75.8 Å². The number of amides is 6. The van der Waals surface area contributed by atoms with Crippen molar-refractivity contribution < 1.29 is 43.4 Å². The minimum atomic E-state index is -1.21. The van der Waals surface area contributed by atoms with E-state index in [9.17, 15) is 33.6 Å². The number of allylic oxidation sites excluding steroid dienone is 2. The Morgan fingerprint density at radius 3 is 2.37 bits per heavy atom. The predicted molar refractivity (Wildman–Crippen MR) is 277 cm³/mol. The van der Waals surface area contributed by atoms with Crippen molar-refractivity contribution in [3.8, 4) is 17.3 Å². The third kappa shape index (κ3) is 11.2. The number of aryl methyl sites for hydroxylation is 4. The number of anilines is 1. The van der Waals surface area contributed by atoms with Gasteiger partial charge in [-0.3, -0.25) is 53.1 Å². The molecule has 0 bridgehead atoms. The average Bonchev–Trinajstić information content (AvgIpc) is 4.20. The van der Waals surface area contributed by atoms with E-state index in [4.69, 9.17) is 37.0 Å². The van der Waals surface area contributed by atoms with Gasteiger partial charge in [-0.05, 0) is 70.5 Å². The molecule has 2 atom stereocenters. The van der Waals surface area contributed by atoms with Crippen molar-refractivity contribution in [2.75, 3.05) is 37.8 Å². The lowest BCUT2D eigenvalue weighted by atomic mass is 10.1. The molecule has 26 heteroatoms. The number of hydrogen-bond acceptors (Lipinski definition) is 16. The third-order valence-electron chi connectivity index (χ3n) is 12.5. The first-order valence-corrected chi connectivity index (χ1v) is 25.1. The Morgan fingerprint density at radius 2 is 1.67 bits per heavy atom.